The first kappa shape index (κ1) is 20.1. The molecular formula is C23H27N5O2. The standard InChI is InChI=1S/C23H27N5O2/c1-12-7-13(2)20(14(3)8-12)30-23(29)19-18(24-6)11-28-22(19)26-21(27-28)17-9-15(4)25-16(5)10-17/h9-14,20H,7-8H2,1-5H3,(H,26,27). The number of hydrogen-bond donors (Lipinski definition) is 1. The maximum absolute atomic E-state index is 13.2. The first-order chi connectivity index (χ1) is 14.3. The van der Waals surface area contributed by atoms with Crippen molar-refractivity contribution in [2.45, 2.75) is 53.6 Å². The van der Waals surface area contributed by atoms with Gasteiger partial charge in [0.1, 0.15) is 11.7 Å². The molecule has 0 radical (unpaired) electrons. The third kappa shape index (κ3) is 3.58. The number of pyridine rings is 1. The van der Waals surface area contributed by atoms with Gasteiger partial charge >= 0.3 is 5.97 Å². The smallest absolute Gasteiger partial charge is 0.331 e. The second-order valence-corrected chi connectivity index (χ2v) is 8.81. The van der Waals surface area contributed by atoms with Crippen molar-refractivity contribution in [1.29, 1.82) is 0 Å². The van der Waals surface area contributed by atoms with E-state index in [0.29, 0.717) is 29.2 Å². The highest BCUT2D eigenvalue weighted by Gasteiger charge is 2.35. The zero-order valence-electron chi connectivity index (χ0n) is 18.1. The van der Waals surface area contributed by atoms with Gasteiger partial charge in [-0.2, -0.15) is 0 Å². The summed E-state index contributed by atoms with van der Waals surface area (Å²) >= 11 is 0. The molecule has 0 spiro atoms. The Labute approximate surface area is 176 Å². The molecule has 0 saturated heterocycles. The van der Waals surface area contributed by atoms with Gasteiger partial charge in [-0.1, -0.05) is 20.8 Å². The molecule has 7 nitrogen and oxygen atoms in total. The molecule has 1 aliphatic carbocycles. The lowest BCUT2D eigenvalue weighted by Crippen LogP contribution is -2.37. The first-order valence-electron chi connectivity index (χ1n) is 10.4. The minimum atomic E-state index is -0.470. The Hall–Kier alpha value is -3.14. The molecule has 1 saturated carbocycles. The molecule has 3 aromatic rings. The van der Waals surface area contributed by atoms with Crippen LogP contribution in [-0.2, 0) is 4.74 Å². The van der Waals surface area contributed by atoms with Crippen molar-refractivity contribution < 1.29 is 9.53 Å². The topological polar surface area (TPSA) is 76.6 Å². The van der Waals surface area contributed by atoms with Crippen LogP contribution in [0.1, 0.15) is 55.4 Å². The van der Waals surface area contributed by atoms with Gasteiger partial charge in [0, 0.05) is 23.1 Å². The second-order valence-electron chi connectivity index (χ2n) is 8.81. The van der Waals surface area contributed by atoms with Gasteiger partial charge in [-0.05, 0) is 56.6 Å². The van der Waals surface area contributed by atoms with E-state index in [2.05, 4.69) is 40.7 Å². The van der Waals surface area contributed by atoms with Crippen molar-refractivity contribution >= 4 is 17.3 Å². The lowest BCUT2D eigenvalue weighted by Gasteiger charge is -2.37. The van der Waals surface area contributed by atoms with Gasteiger partial charge in [-0.25, -0.2) is 14.6 Å². The van der Waals surface area contributed by atoms with Gasteiger partial charge in [-0.3, -0.25) is 14.6 Å². The maximum Gasteiger partial charge on any atom is 0.331 e. The molecule has 2 atom stereocenters. The molecule has 1 N–H and O–H groups in total. The number of fused-ring (bicyclic) bond motifs is 1. The number of aromatic nitrogens is 4. The lowest BCUT2D eigenvalue weighted by molar-refractivity contribution is -0.0249. The average molecular weight is 406 g/mol. The van der Waals surface area contributed by atoms with E-state index in [4.69, 9.17) is 11.3 Å². The van der Waals surface area contributed by atoms with Crippen LogP contribution in [0, 0.1) is 38.2 Å². The first-order valence-corrected chi connectivity index (χ1v) is 10.4. The number of esters is 1. The van der Waals surface area contributed by atoms with Crippen LogP contribution in [0.3, 0.4) is 0 Å². The minimum Gasteiger partial charge on any atom is -0.459 e. The van der Waals surface area contributed by atoms with E-state index in [1.807, 2.05) is 26.0 Å². The molecule has 156 valence electrons. The summed E-state index contributed by atoms with van der Waals surface area (Å²) in [4.78, 5) is 25.7. The van der Waals surface area contributed by atoms with Gasteiger partial charge < -0.3 is 4.74 Å². The molecule has 3 aromatic heterocycles. The third-order valence-corrected chi connectivity index (χ3v) is 6.00. The zero-order chi connectivity index (χ0) is 21.6. The highest BCUT2D eigenvalue weighted by Crippen LogP contribution is 2.36. The second kappa shape index (κ2) is 7.60. The van der Waals surface area contributed by atoms with E-state index < -0.39 is 5.97 Å². The molecule has 1 aliphatic rings. The predicted molar refractivity (Wildman–Crippen MR) is 114 cm³/mol. The highest BCUT2D eigenvalue weighted by molar-refractivity contribution is 6.03. The molecule has 2 unspecified atom stereocenters. The van der Waals surface area contributed by atoms with Crippen LogP contribution < -0.4 is 0 Å². The maximum atomic E-state index is 13.2. The van der Waals surface area contributed by atoms with Crippen LogP contribution in [0.15, 0.2) is 18.3 Å². The zero-order valence-corrected chi connectivity index (χ0v) is 18.1. The number of rotatable bonds is 3. The fourth-order valence-corrected chi connectivity index (χ4v) is 4.91. The van der Waals surface area contributed by atoms with Crippen LogP contribution in [0.4, 0.5) is 5.69 Å². The van der Waals surface area contributed by atoms with Crippen molar-refractivity contribution in [2.24, 2.45) is 17.8 Å². The van der Waals surface area contributed by atoms with Gasteiger partial charge in [0.15, 0.2) is 11.5 Å². The molecule has 3 heterocycles. The van der Waals surface area contributed by atoms with Crippen LogP contribution in [-0.4, -0.2) is 31.7 Å². The Bertz CT molecular complexity index is 1120. The summed E-state index contributed by atoms with van der Waals surface area (Å²) < 4.78 is 7.58. The van der Waals surface area contributed by atoms with Gasteiger partial charge in [-0.15, -0.1) is 0 Å². The molecular weight excluding hydrogens is 378 g/mol. The van der Waals surface area contributed by atoms with Gasteiger partial charge in [0.25, 0.3) is 0 Å². The van der Waals surface area contributed by atoms with Crippen molar-refractivity contribution in [2.75, 3.05) is 0 Å². The molecule has 30 heavy (non-hydrogen) atoms. The molecule has 0 bridgehead atoms. The van der Waals surface area contributed by atoms with Crippen molar-refractivity contribution in [3.8, 4) is 11.4 Å². The largest absolute Gasteiger partial charge is 0.459 e. The van der Waals surface area contributed by atoms with Crippen molar-refractivity contribution in [3.63, 3.8) is 0 Å². The third-order valence-electron chi connectivity index (χ3n) is 6.00. The van der Waals surface area contributed by atoms with E-state index in [1.165, 1.54) is 0 Å². The van der Waals surface area contributed by atoms with Crippen molar-refractivity contribution in [3.05, 3.63) is 46.7 Å². The summed E-state index contributed by atoms with van der Waals surface area (Å²) in [6, 6.07) is 3.87. The summed E-state index contributed by atoms with van der Waals surface area (Å²) in [5, 5.41) is 3.17. The molecule has 0 aromatic carbocycles. The fourth-order valence-electron chi connectivity index (χ4n) is 4.91. The SMILES string of the molecule is [C-]#[N+]c1cn2[nH]c(-c3cc(C)nc(C)c3)nc2c1C(=O)OC1C(C)CC(C)CC1C. The Morgan fingerprint density at radius 3 is 2.40 bits per heavy atom. The van der Waals surface area contributed by atoms with E-state index >= 15 is 0 Å². The van der Waals surface area contributed by atoms with E-state index in [9.17, 15) is 4.79 Å². The van der Waals surface area contributed by atoms with E-state index in [-0.39, 0.29) is 17.4 Å². The summed E-state index contributed by atoms with van der Waals surface area (Å²) in [6.45, 7) is 17.9. The molecule has 4 rings (SSSR count). The Kier molecular flexibility index (Phi) is 5.10. The predicted octanol–water partition coefficient (Wildman–Crippen LogP) is 5.12. The number of ether oxygens (including phenoxy) is 1. The number of hydrogen-bond acceptors (Lipinski definition) is 4. The quantitative estimate of drug-likeness (QED) is 0.485. The van der Waals surface area contributed by atoms with Gasteiger partial charge in [0.05, 0.1) is 6.57 Å². The lowest BCUT2D eigenvalue weighted by atomic mass is 9.75. The van der Waals surface area contributed by atoms with Crippen LogP contribution in [0.2, 0.25) is 0 Å². The Balaban J connectivity index is 1.70. The summed E-state index contributed by atoms with van der Waals surface area (Å²) in [6.07, 6.45) is 3.53. The Morgan fingerprint density at radius 2 is 1.80 bits per heavy atom. The fraction of sp³-hybridized carbons (Fsp3) is 0.478. The number of nitrogens with zero attached hydrogens (tertiary/aromatic N) is 4. The summed E-state index contributed by atoms with van der Waals surface area (Å²) in [5.74, 6) is 1.37. The molecule has 1 fully saturated rings. The monoisotopic (exact) mass is 405 g/mol. The highest BCUT2D eigenvalue weighted by atomic mass is 16.5. The van der Waals surface area contributed by atoms with E-state index in [1.54, 1.807) is 10.7 Å². The number of aryl methyl sites for hydroxylation is 2. The Morgan fingerprint density at radius 1 is 1.17 bits per heavy atom. The normalized spacial score (nSPS) is 24.0. The number of aromatic amines is 1. The number of carbonyl (C=O) groups is 1. The molecule has 0 aliphatic heterocycles. The molecule has 7 heteroatoms. The van der Waals surface area contributed by atoms with Crippen molar-refractivity contribution in [1.82, 2.24) is 19.6 Å². The number of H-pyrrole nitrogens is 1. The summed E-state index contributed by atoms with van der Waals surface area (Å²) in [5.41, 5.74) is 3.56. The minimum absolute atomic E-state index is 0.147. The van der Waals surface area contributed by atoms with Crippen LogP contribution in [0.25, 0.3) is 21.9 Å². The summed E-state index contributed by atoms with van der Waals surface area (Å²) in [7, 11) is 0. The number of nitrogens with one attached hydrogen (secondary N) is 1. The van der Waals surface area contributed by atoms with Crippen LogP contribution >= 0.6 is 0 Å². The number of carbonyl (C=O) groups excluding carboxylic acids is 1. The molecule has 0 amide bonds. The van der Waals surface area contributed by atoms with Gasteiger partial charge in [0.2, 0.25) is 5.69 Å². The average Bonchev–Trinajstić information content (AvgIpc) is 3.21. The van der Waals surface area contributed by atoms with E-state index in [0.717, 1.165) is 29.8 Å². The van der Waals surface area contributed by atoms with Crippen LogP contribution in [0.5, 0.6) is 0 Å².